The Morgan fingerprint density at radius 1 is 1.00 bits per heavy atom. The molecule has 0 radical (unpaired) electrons. The van der Waals surface area contributed by atoms with Crippen LogP contribution in [0.3, 0.4) is 0 Å². The minimum Gasteiger partial charge on any atom is -0.497 e. The highest BCUT2D eigenvalue weighted by atomic mass is 32.2. The summed E-state index contributed by atoms with van der Waals surface area (Å²) in [7, 11) is 1.67. The van der Waals surface area contributed by atoms with Gasteiger partial charge in [0.05, 0.1) is 12.9 Å². The van der Waals surface area contributed by atoms with Crippen molar-refractivity contribution in [3.05, 3.63) is 65.7 Å². The molecule has 32 heavy (non-hydrogen) atoms. The fourth-order valence-corrected chi connectivity index (χ4v) is 6.61. The number of hydrogen-bond acceptors (Lipinski definition) is 7. The largest absolute Gasteiger partial charge is 0.497 e. The molecule has 0 bridgehead atoms. The first-order chi connectivity index (χ1) is 15.7. The number of ether oxygens (including phenoxy) is 1. The Labute approximate surface area is 202 Å². The number of piperidine rings is 1. The number of likely N-dealkylation sites (tertiary alicyclic amines) is 1. The van der Waals surface area contributed by atoms with Crippen LogP contribution in [-0.4, -0.2) is 47.0 Å². The summed E-state index contributed by atoms with van der Waals surface area (Å²) < 4.78 is 6.98. The number of carbonyl (C=O) groups excluding carboxylic acids is 1. The van der Waals surface area contributed by atoms with Crippen molar-refractivity contribution in [3.8, 4) is 5.75 Å². The maximum absolute atomic E-state index is 12.7. The lowest BCUT2D eigenvalue weighted by Crippen LogP contribution is -2.39. The van der Waals surface area contributed by atoms with E-state index in [4.69, 9.17) is 4.74 Å². The summed E-state index contributed by atoms with van der Waals surface area (Å²) in [6, 6.07) is 18.7. The molecule has 0 spiro atoms. The van der Waals surface area contributed by atoms with E-state index in [2.05, 4.69) is 52.7 Å². The van der Waals surface area contributed by atoms with Crippen LogP contribution in [0, 0.1) is 5.92 Å². The zero-order chi connectivity index (χ0) is 22.2. The van der Waals surface area contributed by atoms with Crippen LogP contribution in [0.4, 0.5) is 0 Å². The van der Waals surface area contributed by atoms with Gasteiger partial charge in [-0.2, -0.15) is 0 Å². The van der Waals surface area contributed by atoms with E-state index in [0.717, 1.165) is 52.5 Å². The van der Waals surface area contributed by atoms with Gasteiger partial charge in [-0.1, -0.05) is 77.3 Å². The maximum atomic E-state index is 12.7. The molecule has 4 rings (SSSR count). The lowest BCUT2D eigenvalue weighted by molar-refractivity contribution is -0.129. The Balaban J connectivity index is 1.17. The topological polar surface area (TPSA) is 55.3 Å². The molecule has 3 aromatic rings. The third-order valence-corrected chi connectivity index (χ3v) is 8.81. The molecule has 2 aromatic carbocycles. The van der Waals surface area contributed by atoms with Crippen LogP contribution in [0.1, 0.15) is 24.0 Å². The molecule has 1 saturated heterocycles. The normalized spacial score (nSPS) is 14.5. The van der Waals surface area contributed by atoms with Gasteiger partial charge in [0.1, 0.15) is 5.75 Å². The molecule has 1 aliphatic heterocycles. The summed E-state index contributed by atoms with van der Waals surface area (Å²) in [5.74, 6) is 3.00. The first kappa shape index (κ1) is 23.1. The predicted octanol–water partition coefficient (Wildman–Crippen LogP) is 5.41. The van der Waals surface area contributed by atoms with Gasteiger partial charge in [0.2, 0.25) is 5.91 Å². The van der Waals surface area contributed by atoms with Crippen molar-refractivity contribution in [2.24, 2.45) is 5.92 Å². The molecule has 1 aliphatic rings. The van der Waals surface area contributed by atoms with Crippen molar-refractivity contribution >= 4 is 40.8 Å². The number of rotatable bonds is 9. The molecule has 0 atom stereocenters. The quantitative estimate of drug-likeness (QED) is 0.378. The van der Waals surface area contributed by atoms with E-state index in [9.17, 15) is 4.79 Å². The zero-order valence-corrected chi connectivity index (χ0v) is 20.6. The third-order valence-electron chi connectivity index (χ3n) is 5.56. The van der Waals surface area contributed by atoms with Gasteiger partial charge in [0, 0.05) is 18.8 Å². The van der Waals surface area contributed by atoms with Crippen LogP contribution in [-0.2, 0) is 17.0 Å². The van der Waals surface area contributed by atoms with E-state index in [0.29, 0.717) is 11.7 Å². The highest BCUT2D eigenvalue weighted by molar-refractivity contribution is 8.03. The molecule has 0 saturated carbocycles. The van der Waals surface area contributed by atoms with Gasteiger partial charge in [-0.05, 0) is 48.4 Å². The van der Waals surface area contributed by atoms with Gasteiger partial charge in [-0.25, -0.2) is 0 Å². The summed E-state index contributed by atoms with van der Waals surface area (Å²) >= 11 is 4.72. The lowest BCUT2D eigenvalue weighted by Gasteiger charge is -2.32. The molecule has 0 N–H and O–H groups in total. The first-order valence-electron chi connectivity index (χ1n) is 10.7. The number of hydrogen-bond donors (Lipinski definition) is 0. The number of nitrogens with zero attached hydrogens (tertiary/aromatic N) is 3. The molecule has 168 valence electrons. The van der Waals surface area contributed by atoms with E-state index in [1.54, 1.807) is 30.2 Å². The van der Waals surface area contributed by atoms with Gasteiger partial charge in [-0.15, -0.1) is 10.2 Å². The summed E-state index contributed by atoms with van der Waals surface area (Å²) in [6.45, 7) is 1.71. The third kappa shape index (κ3) is 6.73. The van der Waals surface area contributed by atoms with E-state index < -0.39 is 0 Å². The van der Waals surface area contributed by atoms with Gasteiger partial charge in [0.25, 0.3) is 0 Å². The summed E-state index contributed by atoms with van der Waals surface area (Å²) in [4.78, 5) is 14.7. The van der Waals surface area contributed by atoms with Gasteiger partial charge in [-0.3, -0.25) is 4.79 Å². The fourth-order valence-electron chi connectivity index (χ4n) is 3.73. The minimum absolute atomic E-state index is 0.204. The van der Waals surface area contributed by atoms with E-state index >= 15 is 0 Å². The number of benzene rings is 2. The summed E-state index contributed by atoms with van der Waals surface area (Å²) in [5, 5.41) is 8.52. The summed E-state index contributed by atoms with van der Waals surface area (Å²) in [6.07, 6.45) is 3.27. The van der Waals surface area contributed by atoms with Crippen LogP contribution >= 0.6 is 34.9 Å². The van der Waals surface area contributed by atoms with Gasteiger partial charge in [0.15, 0.2) is 8.68 Å². The lowest BCUT2D eigenvalue weighted by atomic mass is 9.90. The van der Waals surface area contributed by atoms with Crippen LogP contribution in [0.15, 0.2) is 63.3 Å². The molecule has 2 heterocycles. The predicted molar refractivity (Wildman–Crippen MR) is 133 cm³/mol. The molecule has 1 aromatic heterocycles. The van der Waals surface area contributed by atoms with Crippen LogP contribution in [0.2, 0.25) is 0 Å². The Bertz CT molecular complexity index is 987. The van der Waals surface area contributed by atoms with Crippen LogP contribution in [0.25, 0.3) is 0 Å². The molecule has 0 aliphatic carbocycles. The smallest absolute Gasteiger partial charge is 0.233 e. The molecule has 1 fully saturated rings. The van der Waals surface area contributed by atoms with Gasteiger partial charge < -0.3 is 9.64 Å². The Morgan fingerprint density at radius 3 is 2.38 bits per heavy atom. The highest BCUT2D eigenvalue weighted by Gasteiger charge is 2.23. The fraction of sp³-hybridized carbons (Fsp3) is 0.375. The van der Waals surface area contributed by atoms with Crippen molar-refractivity contribution in [2.75, 3.05) is 26.0 Å². The molecule has 0 unspecified atom stereocenters. The van der Waals surface area contributed by atoms with E-state index in [1.165, 1.54) is 22.9 Å². The molecule has 8 heteroatoms. The average Bonchev–Trinajstić information content (AvgIpc) is 3.30. The Hall–Kier alpha value is -2.03. The number of carbonyl (C=O) groups is 1. The molecular formula is C24H27N3O2S3. The molecule has 5 nitrogen and oxygen atoms in total. The number of aromatic nitrogens is 2. The Morgan fingerprint density at radius 2 is 1.69 bits per heavy atom. The first-order valence-corrected chi connectivity index (χ1v) is 13.5. The summed E-state index contributed by atoms with van der Waals surface area (Å²) in [5.41, 5.74) is 2.61. The standard InChI is InChI=1S/C24H27N3O2S3/c1-29-21-9-7-20(8-10-21)16-30-23-25-26-24(32-23)31-17-22(28)27-13-11-19(12-14-27)15-18-5-3-2-4-6-18/h2-10,19H,11-17H2,1H3. The second-order valence-corrected chi connectivity index (χ2v) is 11.2. The van der Waals surface area contributed by atoms with Crippen molar-refractivity contribution in [1.29, 1.82) is 0 Å². The minimum atomic E-state index is 0.204. The van der Waals surface area contributed by atoms with Gasteiger partial charge >= 0.3 is 0 Å². The molecular weight excluding hydrogens is 458 g/mol. The Kier molecular flexibility index (Phi) is 8.48. The van der Waals surface area contributed by atoms with Crippen LogP contribution in [0.5, 0.6) is 5.75 Å². The SMILES string of the molecule is COc1ccc(CSc2nnc(SCC(=O)N3CCC(Cc4ccccc4)CC3)s2)cc1. The molecule has 1 amide bonds. The second kappa shape index (κ2) is 11.7. The van der Waals surface area contributed by atoms with Crippen molar-refractivity contribution < 1.29 is 9.53 Å². The number of methoxy groups -OCH3 is 1. The van der Waals surface area contributed by atoms with E-state index in [-0.39, 0.29) is 5.91 Å². The highest BCUT2D eigenvalue weighted by Crippen LogP contribution is 2.31. The zero-order valence-electron chi connectivity index (χ0n) is 18.1. The van der Waals surface area contributed by atoms with E-state index in [1.807, 2.05) is 17.0 Å². The number of amides is 1. The number of thioether (sulfide) groups is 2. The average molecular weight is 486 g/mol. The monoisotopic (exact) mass is 485 g/mol. The maximum Gasteiger partial charge on any atom is 0.233 e. The van der Waals surface area contributed by atoms with Crippen molar-refractivity contribution in [1.82, 2.24) is 15.1 Å². The van der Waals surface area contributed by atoms with Crippen molar-refractivity contribution in [3.63, 3.8) is 0 Å². The second-order valence-electron chi connectivity index (χ2n) is 7.77. The van der Waals surface area contributed by atoms with Crippen molar-refractivity contribution in [2.45, 2.75) is 33.7 Å². The van der Waals surface area contributed by atoms with Crippen LogP contribution < -0.4 is 4.74 Å².